The Balaban J connectivity index is 1.41. The number of Topliss-reactive ketones (excluding diaryl/α,β-unsaturated/α-hetero) is 1. The normalized spacial score (nSPS) is 15.8. The number of nitrogens with zero attached hydrogens (tertiary/aromatic N) is 2. The summed E-state index contributed by atoms with van der Waals surface area (Å²) in [6, 6.07) is 7.77. The first kappa shape index (κ1) is 22.7. The largest absolute Gasteiger partial charge is 0.462 e. The molecule has 1 N–H and O–H groups in total. The van der Waals surface area contributed by atoms with Gasteiger partial charge < -0.3 is 19.9 Å². The molecule has 2 aliphatic rings. The molecule has 0 saturated carbocycles. The summed E-state index contributed by atoms with van der Waals surface area (Å²) < 4.78 is 5.35. The molecular formula is C24H29N3O3S2. The van der Waals surface area contributed by atoms with Crippen molar-refractivity contribution in [2.75, 3.05) is 43.0 Å². The van der Waals surface area contributed by atoms with Gasteiger partial charge in [0.25, 0.3) is 0 Å². The maximum absolute atomic E-state index is 12.7. The first-order valence-corrected chi connectivity index (χ1v) is 12.4. The fourth-order valence-corrected chi connectivity index (χ4v) is 5.95. The first-order valence-electron chi connectivity index (χ1n) is 11.2. The minimum absolute atomic E-state index is 0.0789. The van der Waals surface area contributed by atoms with Gasteiger partial charge in [0, 0.05) is 42.3 Å². The number of aryl methyl sites for hydroxylation is 1. The number of piperazine rings is 1. The molecule has 6 nitrogen and oxygen atoms in total. The van der Waals surface area contributed by atoms with E-state index in [1.165, 1.54) is 4.88 Å². The third kappa shape index (κ3) is 4.81. The topological polar surface area (TPSA) is 61.9 Å². The lowest BCUT2D eigenvalue weighted by atomic mass is 9.95. The maximum atomic E-state index is 12.7. The monoisotopic (exact) mass is 471 g/mol. The van der Waals surface area contributed by atoms with Crippen molar-refractivity contribution in [2.45, 2.75) is 39.5 Å². The number of thiocarbonyl (C=S) groups is 1. The zero-order valence-electron chi connectivity index (χ0n) is 18.6. The second-order valence-corrected chi connectivity index (χ2v) is 9.63. The van der Waals surface area contributed by atoms with Crippen molar-refractivity contribution in [3.8, 4) is 0 Å². The number of rotatable bonds is 5. The van der Waals surface area contributed by atoms with Crippen LogP contribution in [0.3, 0.4) is 0 Å². The molecule has 1 aliphatic heterocycles. The highest BCUT2D eigenvalue weighted by atomic mass is 32.1. The minimum Gasteiger partial charge on any atom is -0.462 e. The van der Waals surface area contributed by atoms with Gasteiger partial charge in [-0.05, 0) is 81.6 Å². The van der Waals surface area contributed by atoms with E-state index in [-0.39, 0.29) is 11.8 Å². The second-order valence-electron chi connectivity index (χ2n) is 8.14. The van der Waals surface area contributed by atoms with Gasteiger partial charge in [-0.25, -0.2) is 4.79 Å². The zero-order chi connectivity index (χ0) is 22.7. The summed E-state index contributed by atoms with van der Waals surface area (Å²) in [7, 11) is 0. The van der Waals surface area contributed by atoms with Crippen LogP contribution in [0, 0.1) is 0 Å². The molecule has 0 amide bonds. The van der Waals surface area contributed by atoms with E-state index in [2.05, 4.69) is 15.1 Å². The number of anilines is 2. The van der Waals surface area contributed by atoms with E-state index in [0.717, 1.165) is 73.7 Å². The van der Waals surface area contributed by atoms with E-state index in [4.69, 9.17) is 17.0 Å². The molecule has 0 atom stereocenters. The SMILES string of the molecule is CCOC(=O)c1c(NC(=S)N2CCN(c3ccc(C(C)=O)cc3)CC2)sc2c1CCCC2. The third-order valence-corrected chi connectivity index (χ3v) is 7.64. The molecule has 2 aromatic rings. The summed E-state index contributed by atoms with van der Waals surface area (Å²) in [6.45, 7) is 7.05. The van der Waals surface area contributed by atoms with Crippen molar-refractivity contribution in [1.82, 2.24) is 4.90 Å². The summed E-state index contributed by atoms with van der Waals surface area (Å²) in [5.74, 6) is -0.175. The Morgan fingerprint density at radius 2 is 1.78 bits per heavy atom. The molecule has 0 radical (unpaired) electrons. The van der Waals surface area contributed by atoms with Crippen molar-refractivity contribution in [1.29, 1.82) is 0 Å². The number of ketones is 1. The summed E-state index contributed by atoms with van der Waals surface area (Å²) in [5.41, 5.74) is 3.67. The van der Waals surface area contributed by atoms with Crippen molar-refractivity contribution in [3.63, 3.8) is 0 Å². The molecule has 170 valence electrons. The number of benzene rings is 1. The van der Waals surface area contributed by atoms with E-state index in [0.29, 0.717) is 17.3 Å². The predicted molar refractivity (Wildman–Crippen MR) is 133 cm³/mol. The Morgan fingerprint density at radius 1 is 1.09 bits per heavy atom. The molecule has 1 aromatic carbocycles. The van der Waals surface area contributed by atoms with Crippen LogP contribution in [0.4, 0.5) is 10.7 Å². The van der Waals surface area contributed by atoms with Gasteiger partial charge in [0.05, 0.1) is 12.2 Å². The quantitative estimate of drug-likeness (QED) is 0.391. The molecule has 0 bridgehead atoms. The summed E-state index contributed by atoms with van der Waals surface area (Å²) >= 11 is 7.37. The molecule has 1 fully saturated rings. The summed E-state index contributed by atoms with van der Waals surface area (Å²) in [4.78, 5) is 29.9. The van der Waals surface area contributed by atoms with Crippen molar-refractivity contribution in [3.05, 3.63) is 45.8 Å². The average molecular weight is 472 g/mol. The minimum atomic E-state index is -0.254. The number of esters is 1. The van der Waals surface area contributed by atoms with Crippen molar-refractivity contribution < 1.29 is 14.3 Å². The van der Waals surface area contributed by atoms with E-state index in [9.17, 15) is 9.59 Å². The van der Waals surface area contributed by atoms with Gasteiger partial charge in [0.1, 0.15) is 5.00 Å². The molecule has 2 heterocycles. The van der Waals surface area contributed by atoms with Gasteiger partial charge in [0.15, 0.2) is 10.9 Å². The number of ether oxygens (including phenoxy) is 1. The number of carbonyl (C=O) groups is 2. The molecule has 4 rings (SSSR count). The fourth-order valence-electron chi connectivity index (χ4n) is 4.32. The van der Waals surface area contributed by atoms with Gasteiger partial charge in [-0.1, -0.05) is 0 Å². The third-order valence-electron chi connectivity index (χ3n) is 6.08. The molecule has 1 saturated heterocycles. The Kier molecular flexibility index (Phi) is 7.10. The van der Waals surface area contributed by atoms with Gasteiger partial charge in [-0.15, -0.1) is 11.3 Å². The van der Waals surface area contributed by atoms with Gasteiger partial charge in [0.2, 0.25) is 0 Å². The Bertz CT molecular complexity index is 1010. The number of carbonyl (C=O) groups excluding carboxylic acids is 2. The van der Waals surface area contributed by atoms with Crippen LogP contribution < -0.4 is 10.2 Å². The van der Waals surface area contributed by atoms with Crippen LogP contribution in [0.15, 0.2) is 24.3 Å². The maximum Gasteiger partial charge on any atom is 0.341 e. The van der Waals surface area contributed by atoms with E-state index in [1.807, 2.05) is 31.2 Å². The van der Waals surface area contributed by atoms with Gasteiger partial charge in [-0.3, -0.25) is 4.79 Å². The van der Waals surface area contributed by atoms with Crippen LogP contribution in [-0.2, 0) is 17.6 Å². The van der Waals surface area contributed by atoms with Crippen LogP contribution in [0.2, 0.25) is 0 Å². The Labute approximate surface area is 198 Å². The van der Waals surface area contributed by atoms with E-state index >= 15 is 0 Å². The summed E-state index contributed by atoms with van der Waals surface area (Å²) in [6.07, 6.45) is 4.21. The number of fused-ring (bicyclic) bond motifs is 1. The van der Waals surface area contributed by atoms with Crippen LogP contribution in [0.25, 0.3) is 0 Å². The molecular weight excluding hydrogens is 442 g/mol. The zero-order valence-corrected chi connectivity index (χ0v) is 20.2. The Hall–Kier alpha value is -2.45. The number of hydrogen-bond acceptors (Lipinski definition) is 6. The molecule has 0 spiro atoms. The standard InChI is InChI=1S/C24H29N3O3S2/c1-3-30-23(29)21-19-6-4-5-7-20(19)32-22(21)25-24(31)27-14-12-26(13-15-27)18-10-8-17(9-11-18)16(2)28/h8-11H,3-7,12-15H2,1-2H3,(H,25,31). The van der Waals surface area contributed by atoms with E-state index < -0.39 is 0 Å². The molecule has 8 heteroatoms. The lowest BCUT2D eigenvalue weighted by molar-refractivity contribution is 0.0526. The second kappa shape index (κ2) is 10.0. The lowest BCUT2D eigenvalue weighted by Gasteiger charge is -2.37. The number of nitrogens with one attached hydrogen (secondary N) is 1. The fraction of sp³-hybridized carbons (Fsp3) is 0.458. The van der Waals surface area contributed by atoms with Crippen LogP contribution >= 0.6 is 23.6 Å². The number of thiophene rings is 1. The van der Waals surface area contributed by atoms with Crippen molar-refractivity contribution in [2.24, 2.45) is 0 Å². The molecule has 1 aliphatic carbocycles. The van der Waals surface area contributed by atoms with Crippen LogP contribution in [0.1, 0.15) is 57.8 Å². The highest BCUT2D eigenvalue weighted by Gasteiger charge is 2.28. The Morgan fingerprint density at radius 3 is 2.44 bits per heavy atom. The number of hydrogen-bond donors (Lipinski definition) is 1. The summed E-state index contributed by atoms with van der Waals surface area (Å²) in [5, 5.41) is 4.85. The van der Waals surface area contributed by atoms with Crippen molar-refractivity contribution >= 4 is 51.1 Å². The molecule has 1 aromatic heterocycles. The highest BCUT2D eigenvalue weighted by molar-refractivity contribution is 7.80. The lowest BCUT2D eigenvalue weighted by Crippen LogP contribution is -2.50. The average Bonchev–Trinajstić information content (AvgIpc) is 3.17. The highest BCUT2D eigenvalue weighted by Crippen LogP contribution is 2.38. The van der Waals surface area contributed by atoms with Crippen LogP contribution in [0.5, 0.6) is 0 Å². The van der Waals surface area contributed by atoms with Gasteiger partial charge in [-0.2, -0.15) is 0 Å². The predicted octanol–water partition coefficient (Wildman–Crippen LogP) is 4.53. The van der Waals surface area contributed by atoms with Crippen LogP contribution in [-0.4, -0.2) is 54.6 Å². The molecule has 0 unspecified atom stereocenters. The smallest absolute Gasteiger partial charge is 0.341 e. The van der Waals surface area contributed by atoms with Gasteiger partial charge >= 0.3 is 5.97 Å². The first-order chi connectivity index (χ1) is 15.5. The van der Waals surface area contributed by atoms with E-state index in [1.54, 1.807) is 18.3 Å². The molecule has 32 heavy (non-hydrogen) atoms.